The van der Waals surface area contributed by atoms with Crippen molar-refractivity contribution in [2.75, 3.05) is 13.2 Å². The topological polar surface area (TPSA) is 81.7 Å². The van der Waals surface area contributed by atoms with E-state index in [2.05, 4.69) is 23.5 Å². The van der Waals surface area contributed by atoms with Crippen LogP contribution in [0.3, 0.4) is 0 Å². The molecule has 0 aromatic heterocycles. The molecule has 0 bridgehead atoms. The summed E-state index contributed by atoms with van der Waals surface area (Å²) in [7, 11) is -3.73. The molecular formula is C25H29NO5S. The predicted molar refractivity (Wildman–Crippen MR) is 120 cm³/mol. The molecule has 2 aliphatic carbocycles. The zero-order valence-corrected chi connectivity index (χ0v) is 19.1. The van der Waals surface area contributed by atoms with E-state index in [4.69, 9.17) is 8.92 Å². The van der Waals surface area contributed by atoms with E-state index in [-0.39, 0.29) is 29.1 Å². The summed E-state index contributed by atoms with van der Waals surface area (Å²) in [6, 6.07) is 13.5. The minimum Gasteiger partial charge on any atom is -0.447 e. The van der Waals surface area contributed by atoms with Crippen molar-refractivity contribution in [1.82, 2.24) is 5.32 Å². The van der Waals surface area contributed by atoms with Crippen molar-refractivity contribution in [3.63, 3.8) is 0 Å². The Morgan fingerprint density at radius 1 is 1.12 bits per heavy atom. The van der Waals surface area contributed by atoms with Gasteiger partial charge in [-0.25, -0.2) is 4.79 Å². The van der Waals surface area contributed by atoms with Crippen LogP contribution in [0.15, 0.2) is 47.4 Å². The van der Waals surface area contributed by atoms with Crippen LogP contribution in [0, 0.1) is 12.8 Å². The summed E-state index contributed by atoms with van der Waals surface area (Å²) in [5.41, 5.74) is 4.79. The Labute approximate surface area is 189 Å². The number of carbonyl (C=O) groups excluding carboxylic acids is 1. The van der Waals surface area contributed by atoms with Gasteiger partial charge in [-0.2, -0.15) is 8.42 Å². The highest BCUT2D eigenvalue weighted by Crippen LogP contribution is 2.43. The molecule has 170 valence electrons. The van der Waals surface area contributed by atoms with Crippen LogP contribution < -0.4 is 5.32 Å². The molecule has 2 fully saturated rings. The van der Waals surface area contributed by atoms with Crippen molar-refractivity contribution < 1.29 is 22.1 Å². The van der Waals surface area contributed by atoms with E-state index in [0.717, 1.165) is 44.1 Å². The molecule has 1 unspecified atom stereocenters. The van der Waals surface area contributed by atoms with E-state index >= 15 is 0 Å². The second kappa shape index (κ2) is 8.19. The molecule has 1 heterocycles. The number of benzene rings is 2. The number of aryl methyl sites for hydroxylation is 2. The molecule has 6 nitrogen and oxygen atoms in total. The fourth-order valence-electron chi connectivity index (χ4n) is 5.35. The molecule has 2 aromatic rings. The van der Waals surface area contributed by atoms with Crippen LogP contribution in [0.5, 0.6) is 0 Å². The van der Waals surface area contributed by atoms with Crippen LogP contribution in [-0.4, -0.2) is 33.3 Å². The van der Waals surface area contributed by atoms with E-state index in [1.54, 1.807) is 24.3 Å². The first-order valence-electron chi connectivity index (χ1n) is 11.3. The van der Waals surface area contributed by atoms with E-state index in [0.29, 0.717) is 12.5 Å². The Morgan fingerprint density at radius 3 is 2.69 bits per heavy atom. The van der Waals surface area contributed by atoms with Gasteiger partial charge in [0.05, 0.1) is 17.0 Å². The largest absolute Gasteiger partial charge is 0.447 e. The number of hydrogen-bond donors (Lipinski definition) is 1. The Bertz CT molecular complexity index is 1130. The van der Waals surface area contributed by atoms with Gasteiger partial charge in [-0.1, -0.05) is 35.9 Å². The number of ether oxygens (including phenoxy) is 1. The Kier molecular flexibility index (Phi) is 5.50. The van der Waals surface area contributed by atoms with Crippen molar-refractivity contribution in [3.05, 3.63) is 64.7 Å². The minimum atomic E-state index is -3.73. The molecule has 1 spiro atoms. The summed E-state index contributed by atoms with van der Waals surface area (Å²) in [4.78, 5) is 11.7. The van der Waals surface area contributed by atoms with Gasteiger partial charge in [0.15, 0.2) is 0 Å². The van der Waals surface area contributed by atoms with Crippen LogP contribution in [0.1, 0.15) is 53.9 Å². The van der Waals surface area contributed by atoms with Crippen molar-refractivity contribution in [1.29, 1.82) is 0 Å². The molecule has 3 aliphatic rings. The summed E-state index contributed by atoms with van der Waals surface area (Å²) in [5, 5.41) is 3.01. The SMILES string of the molecule is Cc1ccc(S(=O)(=O)OCC2CCc3cc([C@@H]4CC[C@]5(COC(=O)N5)C4)ccc3C2)cc1. The molecule has 3 atom stereocenters. The first-order chi connectivity index (χ1) is 15.3. The van der Waals surface area contributed by atoms with Gasteiger partial charge < -0.3 is 10.1 Å². The quantitative estimate of drug-likeness (QED) is 0.682. The Balaban J connectivity index is 1.21. The zero-order chi connectivity index (χ0) is 22.3. The standard InChI is InChI=1S/C25H29NO5S/c1-17-2-8-23(9-3-17)32(28,29)31-15-18-4-5-20-13-21(7-6-19(20)12-18)22-10-11-25(14-22)16-30-24(27)26-25/h2-3,6-9,13,18,22H,4-5,10-12,14-16H2,1H3,(H,26,27)/t18?,22-,25-/m1/s1. The maximum Gasteiger partial charge on any atom is 0.407 e. The lowest BCUT2D eigenvalue weighted by molar-refractivity contribution is 0.172. The first kappa shape index (κ1) is 21.5. The van der Waals surface area contributed by atoms with Gasteiger partial charge in [0.25, 0.3) is 10.1 Å². The number of nitrogens with one attached hydrogen (secondary N) is 1. The smallest absolute Gasteiger partial charge is 0.407 e. The van der Waals surface area contributed by atoms with Gasteiger partial charge in [0, 0.05) is 0 Å². The lowest BCUT2D eigenvalue weighted by atomic mass is 9.82. The monoisotopic (exact) mass is 455 g/mol. The summed E-state index contributed by atoms with van der Waals surface area (Å²) in [6.07, 6.45) is 5.31. The van der Waals surface area contributed by atoms with Gasteiger partial charge in [0.2, 0.25) is 0 Å². The van der Waals surface area contributed by atoms with E-state index in [1.807, 2.05) is 6.92 Å². The second-order valence-corrected chi connectivity index (χ2v) is 11.2. The molecule has 1 N–H and O–H groups in total. The van der Waals surface area contributed by atoms with Crippen LogP contribution >= 0.6 is 0 Å². The van der Waals surface area contributed by atoms with E-state index in [1.165, 1.54) is 16.7 Å². The average Bonchev–Trinajstić information content (AvgIpc) is 3.37. The van der Waals surface area contributed by atoms with Gasteiger partial charge in [-0.15, -0.1) is 0 Å². The lowest BCUT2D eigenvalue weighted by Crippen LogP contribution is -2.40. The van der Waals surface area contributed by atoms with Gasteiger partial charge in [0.1, 0.15) is 6.61 Å². The number of carbonyl (C=O) groups is 1. The molecule has 32 heavy (non-hydrogen) atoms. The molecule has 2 aromatic carbocycles. The number of alkyl carbamates (subject to hydrolysis) is 1. The number of hydrogen-bond acceptors (Lipinski definition) is 5. The first-order valence-corrected chi connectivity index (χ1v) is 12.8. The molecule has 1 saturated heterocycles. The zero-order valence-electron chi connectivity index (χ0n) is 18.3. The highest BCUT2D eigenvalue weighted by atomic mass is 32.2. The predicted octanol–water partition coefficient (Wildman–Crippen LogP) is 4.25. The highest BCUT2D eigenvalue weighted by molar-refractivity contribution is 7.86. The maximum absolute atomic E-state index is 12.5. The maximum atomic E-state index is 12.5. The van der Waals surface area contributed by atoms with Crippen molar-refractivity contribution in [3.8, 4) is 0 Å². The Morgan fingerprint density at radius 2 is 1.94 bits per heavy atom. The molecule has 1 aliphatic heterocycles. The van der Waals surface area contributed by atoms with Crippen molar-refractivity contribution in [2.24, 2.45) is 5.92 Å². The van der Waals surface area contributed by atoms with Crippen LogP contribution in [0.25, 0.3) is 0 Å². The van der Waals surface area contributed by atoms with Crippen LogP contribution in [0.2, 0.25) is 0 Å². The molecule has 0 radical (unpaired) electrons. The van der Waals surface area contributed by atoms with Crippen molar-refractivity contribution in [2.45, 2.75) is 61.8 Å². The van der Waals surface area contributed by atoms with Crippen LogP contribution in [0.4, 0.5) is 4.79 Å². The average molecular weight is 456 g/mol. The number of fused-ring (bicyclic) bond motifs is 1. The molecule has 7 heteroatoms. The third-order valence-corrected chi connectivity index (χ3v) is 8.55. The second-order valence-electron chi connectivity index (χ2n) is 9.61. The van der Waals surface area contributed by atoms with Gasteiger partial charge in [-0.3, -0.25) is 4.18 Å². The normalized spacial score (nSPS) is 27.2. The van der Waals surface area contributed by atoms with E-state index < -0.39 is 10.1 Å². The van der Waals surface area contributed by atoms with E-state index in [9.17, 15) is 13.2 Å². The fourth-order valence-corrected chi connectivity index (χ4v) is 6.33. The van der Waals surface area contributed by atoms with Gasteiger partial charge in [-0.05, 0) is 86.1 Å². The molecule has 1 saturated carbocycles. The molecular weight excluding hydrogens is 426 g/mol. The lowest BCUT2D eigenvalue weighted by Gasteiger charge is -2.26. The third kappa shape index (κ3) is 4.28. The molecule has 1 amide bonds. The van der Waals surface area contributed by atoms with Crippen molar-refractivity contribution >= 4 is 16.2 Å². The summed E-state index contributed by atoms with van der Waals surface area (Å²) in [6.45, 7) is 2.61. The number of rotatable bonds is 5. The number of amides is 1. The molecule has 5 rings (SSSR count). The Hall–Kier alpha value is -2.38. The van der Waals surface area contributed by atoms with Crippen LogP contribution in [-0.2, 0) is 31.9 Å². The minimum absolute atomic E-state index is 0.189. The summed E-state index contributed by atoms with van der Waals surface area (Å²) < 4.78 is 35.5. The highest BCUT2D eigenvalue weighted by Gasteiger charge is 2.46. The fraction of sp³-hybridized carbons (Fsp3) is 0.480. The summed E-state index contributed by atoms with van der Waals surface area (Å²) >= 11 is 0. The number of cyclic esters (lactones) is 1. The van der Waals surface area contributed by atoms with Gasteiger partial charge >= 0.3 is 6.09 Å². The summed E-state index contributed by atoms with van der Waals surface area (Å²) in [5.74, 6) is 0.622. The third-order valence-electron chi connectivity index (χ3n) is 7.26.